The molecule has 1 saturated heterocycles. The SMILES string of the molecule is CO/N=C1/C[C@@H](CO)N(C(=O)c2ccc(-c3cccc(Cl)c3C)c3c2OCO3)C1. The predicted octanol–water partition coefficient (Wildman–Crippen LogP) is 3.25. The van der Waals surface area contributed by atoms with Crippen LogP contribution in [0.15, 0.2) is 35.5 Å². The van der Waals surface area contributed by atoms with E-state index in [2.05, 4.69) is 5.16 Å². The van der Waals surface area contributed by atoms with Gasteiger partial charge in [-0.2, -0.15) is 0 Å². The zero-order valence-corrected chi connectivity index (χ0v) is 16.9. The molecule has 1 amide bonds. The van der Waals surface area contributed by atoms with Crippen LogP contribution in [0, 0.1) is 6.92 Å². The molecule has 1 atom stereocenters. The number of fused-ring (bicyclic) bond motifs is 1. The monoisotopic (exact) mass is 416 g/mol. The highest BCUT2D eigenvalue weighted by atomic mass is 35.5. The van der Waals surface area contributed by atoms with E-state index in [0.29, 0.717) is 40.8 Å². The second-order valence-electron chi connectivity index (χ2n) is 6.95. The third-order valence-electron chi connectivity index (χ3n) is 5.26. The van der Waals surface area contributed by atoms with Crippen LogP contribution in [0.5, 0.6) is 11.5 Å². The van der Waals surface area contributed by atoms with E-state index in [4.69, 9.17) is 25.9 Å². The number of nitrogens with zero attached hydrogens (tertiary/aromatic N) is 2. The van der Waals surface area contributed by atoms with E-state index in [1.807, 2.05) is 31.2 Å². The molecule has 152 valence electrons. The summed E-state index contributed by atoms with van der Waals surface area (Å²) in [6.07, 6.45) is 0.468. The Morgan fingerprint density at radius 2 is 2.07 bits per heavy atom. The Morgan fingerprint density at radius 3 is 2.83 bits per heavy atom. The minimum absolute atomic E-state index is 0.0338. The number of carbonyl (C=O) groups excluding carboxylic acids is 1. The molecule has 0 bridgehead atoms. The second-order valence-corrected chi connectivity index (χ2v) is 7.36. The van der Waals surface area contributed by atoms with Crippen LogP contribution < -0.4 is 9.47 Å². The van der Waals surface area contributed by atoms with Crippen LogP contribution in [0.1, 0.15) is 22.3 Å². The van der Waals surface area contributed by atoms with Gasteiger partial charge in [0.15, 0.2) is 11.5 Å². The number of halogens is 1. The zero-order valence-electron chi connectivity index (χ0n) is 16.1. The van der Waals surface area contributed by atoms with Crippen LogP contribution in [-0.2, 0) is 4.84 Å². The number of aliphatic hydroxyl groups excluding tert-OH is 1. The van der Waals surface area contributed by atoms with Gasteiger partial charge in [0.25, 0.3) is 5.91 Å². The number of benzene rings is 2. The number of amides is 1. The molecular weight excluding hydrogens is 396 g/mol. The normalized spacial score (nSPS) is 19.1. The minimum atomic E-state index is -0.357. The second kappa shape index (κ2) is 7.93. The molecule has 2 aliphatic rings. The summed E-state index contributed by atoms with van der Waals surface area (Å²) in [5.41, 5.74) is 3.75. The molecule has 29 heavy (non-hydrogen) atoms. The highest BCUT2D eigenvalue weighted by molar-refractivity contribution is 6.31. The first kappa shape index (κ1) is 19.5. The molecule has 0 radical (unpaired) electrons. The summed E-state index contributed by atoms with van der Waals surface area (Å²) in [6.45, 7) is 2.11. The minimum Gasteiger partial charge on any atom is -0.453 e. The van der Waals surface area contributed by atoms with E-state index in [-0.39, 0.29) is 25.3 Å². The summed E-state index contributed by atoms with van der Waals surface area (Å²) in [6, 6.07) is 8.87. The highest BCUT2D eigenvalue weighted by Crippen LogP contribution is 2.45. The number of likely N-dealkylation sites (tertiary alicyclic amines) is 1. The largest absolute Gasteiger partial charge is 0.453 e. The molecule has 1 N–H and O–H groups in total. The molecular formula is C21H21ClN2O5. The molecule has 2 heterocycles. The summed E-state index contributed by atoms with van der Waals surface area (Å²) >= 11 is 6.28. The molecule has 7 nitrogen and oxygen atoms in total. The lowest BCUT2D eigenvalue weighted by Crippen LogP contribution is -2.38. The van der Waals surface area contributed by atoms with Crippen molar-refractivity contribution in [3.63, 3.8) is 0 Å². The van der Waals surface area contributed by atoms with E-state index in [0.717, 1.165) is 16.7 Å². The molecule has 2 aromatic rings. The van der Waals surface area contributed by atoms with Crippen molar-refractivity contribution in [2.45, 2.75) is 19.4 Å². The van der Waals surface area contributed by atoms with E-state index in [9.17, 15) is 9.90 Å². The summed E-state index contributed by atoms with van der Waals surface area (Å²) in [4.78, 5) is 19.7. The quantitative estimate of drug-likeness (QED) is 0.774. The highest BCUT2D eigenvalue weighted by Gasteiger charge is 2.36. The predicted molar refractivity (Wildman–Crippen MR) is 109 cm³/mol. The fourth-order valence-corrected chi connectivity index (χ4v) is 3.97. The van der Waals surface area contributed by atoms with Crippen LogP contribution in [0.3, 0.4) is 0 Å². The van der Waals surface area contributed by atoms with Crippen molar-refractivity contribution in [3.05, 3.63) is 46.5 Å². The van der Waals surface area contributed by atoms with Gasteiger partial charge in [0, 0.05) is 17.0 Å². The van der Waals surface area contributed by atoms with Gasteiger partial charge in [-0.05, 0) is 36.2 Å². The molecule has 0 aliphatic carbocycles. The summed E-state index contributed by atoms with van der Waals surface area (Å²) in [5, 5.41) is 14.3. The number of oxime groups is 1. The van der Waals surface area contributed by atoms with Gasteiger partial charge < -0.3 is 24.3 Å². The van der Waals surface area contributed by atoms with E-state index >= 15 is 0 Å². The van der Waals surface area contributed by atoms with Crippen molar-refractivity contribution >= 4 is 23.2 Å². The molecule has 8 heteroatoms. The smallest absolute Gasteiger partial charge is 0.258 e. The lowest BCUT2D eigenvalue weighted by atomic mass is 9.97. The van der Waals surface area contributed by atoms with Crippen LogP contribution >= 0.6 is 11.6 Å². The molecule has 0 spiro atoms. The lowest BCUT2D eigenvalue weighted by Gasteiger charge is -2.23. The summed E-state index contributed by atoms with van der Waals surface area (Å²) in [7, 11) is 1.46. The third kappa shape index (κ3) is 3.41. The van der Waals surface area contributed by atoms with Crippen LogP contribution in [0.25, 0.3) is 11.1 Å². The molecule has 1 fully saturated rings. The van der Waals surface area contributed by atoms with Gasteiger partial charge in [-0.25, -0.2) is 0 Å². The van der Waals surface area contributed by atoms with Gasteiger partial charge in [-0.1, -0.05) is 28.9 Å². The van der Waals surface area contributed by atoms with Gasteiger partial charge >= 0.3 is 0 Å². The maximum absolute atomic E-state index is 13.3. The molecule has 2 aromatic carbocycles. The molecule has 4 rings (SSSR count). The maximum Gasteiger partial charge on any atom is 0.258 e. The Labute approximate surface area is 173 Å². The summed E-state index contributed by atoms with van der Waals surface area (Å²) in [5.74, 6) is 0.675. The Bertz CT molecular complexity index is 991. The first-order valence-corrected chi connectivity index (χ1v) is 9.61. The van der Waals surface area contributed by atoms with Crippen molar-refractivity contribution < 1.29 is 24.2 Å². The zero-order chi connectivity index (χ0) is 20.5. The number of hydrogen-bond acceptors (Lipinski definition) is 6. The number of carbonyl (C=O) groups is 1. The summed E-state index contributed by atoms with van der Waals surface area (Å²) < 4.78 is 11.4. The fourth-order valence-electron chi connectivity index (χ4n) is 3.80. The molecule has 0 aromatic heterocycles. The third-order valence-corrected chi connectivity index (χ3v) is 5.67. The molecule has 0 unspecified atom stereocenters. The first-order valence-electron chi connectivity index (χ1n) is 9.24. The van der Waals surface area contributed by atoms with E-state index in [1.165, 1.54) is 7.11 Å². The average Bonchev–Trinajstić information content (AvgIpc) is 3.36. The number of rotatable bonds is 4. The number of aliphatic hydroxyl groups is 1. The van der Waals surface area contributed by atoms with E-state index in [1.54, 1.807) is 11.0 Å². The maximum atomic E-state index is 13.3. The number of ether oxygens (including phenoxy) is 2. The van der Waals surface area contributed by atoms with Gasteiger partial charge in [0.05, 0.1) is 30.5 Å². The Balaban J connectivity index is 1.73. The fraction of sp³-hybridized carbons (Fsp3) is 0.333. The Morgan fingerprint density at radius 1 is 1.28 bits per heavy atom. The van der Waals surface area contributed by atoms with Crippen LogP contribution in [0.4, 0.5) is 0 Å². The van der Waals surface area contributed by atoms with Gasteiger partial charge in [0.2, 0.25) is 6.79 Å². The van der Waals surface area contributed by atoms with Gasteiger partial charge in [-0.15, -0.1) is 0 Å². The topological polar surface area (TPSA) is 80.6 Å². The standard InChI is InChI=1S/C21H21ClN2O5/c1-12-15(4-3-5-18(12)22)16-6-7-17(20-19(16)28-11-29-20)21(26)24-9-13(23-27-2)8-14(24)10-25/h3-7,14,25H,8-11H2,1-2H3/b23-13-/t14-/m0/s1. The van der Waals surface area contributed by atoms with Gasteiger partial charge in [0.1, 0.15) is 7.11 Å². The average molecular weight is 417 g/mol. The molecule has 0 saturated carbocycles. The van der Waals surface area contributed by atoms with Crippen LogP contribution in [-0.4, -0.2) is 54.7 Å². The molecule has 2 aliphatic heterocycles. The number of hydrogen-bond donors (Lipinski definition) is 1. The van der Waals surface area contributed by atoms with Crippen molar-refractivity contribution in [1.82, 2.24) is 4.90 Å². The van der Waals surface area contributed by atoms with Crippen molar-refractivity contribution in [1.29, 1.82) is 0 Å². The Hall–Kier alpha value is -2.77. The first-order chi connectivity index (χ1) is 14.0. The van der Waals surface area contributed by atoms with Crippen molar-refractivity contribution in [2.75, 3.05) is 27.1 Å². The van der Waals surface area contributed by atoms with Crippen molar-refractivity contribution in [2.24, 2.45) is 5.16 Å². The lowest BCUT2D eigenvalue weighted by molar-refractivity contribution is 0.0675. The van der Waals surface area contributed by atoms with Crippen LogP contribution in [0.2, 0.25) is 5.02 Å². The van der Waals surface area contributed by atoms with E-state index < -0.39 is 0 Å². The Kier molecular flexibility index (Phi) is 5.34. The van der Waals surface area contributed by atoms with Gasteiger partial charge in [-0.3, -0.25) is 4.79 Å². The van der Waals surface area contributed by atoms with Crippen molar-refractivity contribution in [3.8, 4) is 22.6 Å².